The van der Waals surface area contributed by atoms with Crippen molar-refractivity contribution >= 4 is 5.91 Å². The molecular formula is C20H24N6O2. The van der Waals surface area contributed by atoms with Gasteiger partial charge in [-0.05, 0) is 38.4 Å². The molecule has 0 saturated carbocycles. The lowest BCUT2D eigenvalue weighted by atomic mass is 9.92. The van der Waals surface area contributed by atoms with Crippen LogP contribution in [0.3, 0.4) is 0 Å². The average molecular weight is 380 g/mol. The molecule has 2 aromatic rings. The number of carbonyl (C=O) groups excluding carboxylic acids is 1. The van der Waals surface area contributed by atoms with Gasteiger partial charge in [-0.1, -0.05) is 29.4 Å². The molecule has 8 nitrogen and oxygen atoms in total. The van der Waals surface area contributed by atoms with Gasteiger partial charge in [-0.2, -0.15) is 4.98 Å². The van der Waals surface area contributed by atoms with Crippen LogP contribution in [0.5, 0.6) is 0 Å². The summed E-state index contributed by atoms with van der Waals surface area (Å²) in [5, 5.41) is 12.7. The van der Waals surface area contributed by atoms with Crippen LogP contribution in [0.25, 0.3) is 11.4 Å². The fourth-order valence-corrected chi connectivity index (χ4v) is 4.37. The van der Waals surface area contributed by atoms with Crippen LogP contribution in [0.4, 0.5) is 0 Å². The Morgan fingerprint density at radius 1 is 1.21 bits per heavy atom. The topological polar surface area (TPSA) is 95.3 Å². The van der Waals surface area contributed by atoms with Gasteiger partial charge >= 0.3 is 0 Å². The molecule has 2 unspecified atom stereocenters. The maximum absolute atomic E-state index is 12.4. The molecule has 0 spiro atoms. The Labute approximate surface area is 163 Å². The number of allylic oxidation sites excluding steroid dienone is 1. The Morgan fingerprint density at radius 3 is 2.86 bits per heavy atom. The molecule has 28 heavy (non-hydrogen) atoms. The number of rotatable bonds is 3. The highest BCUT2D eigenvalue weighted by molar-refractivity contribution is 5.89. The molecule has 3 aliphatic heterocycles. The second kappa shape index (κ2) is 7.03. The minimum Gasteiger partial charge on any atom is -0.338 e. The molecule has 0 radical (unpaired) electrons. The molecule has 3 aliphatic rings. The van der Waals surface area contributed by atoms with E-state index in [0.717, 1.165) is 42.8 Å². The summed E-state index contributed by atoms with van der Waals surface area (Å²) in [5.41, 5.74) is 6.57. The lowest BCUT2D eigenvalue weighted by molar-refractivity contribution is -0.119. The Hall–Kier alpha value is -2.71. The SMILES string of the molecule is Cc1ccccc1-c1noc(C2CNN3C(C4CCNCC4)=CC(=O)NC23)n1. The number of hydrazine groups is 1. The Morgan fingerprint density at radius 2 is 2.04 bits per heavy atom. The Balaban J connectivity index is 1.41. The Kier molecular flexibility index (Phi) is 4.37. The van der Waals surface area contributed by atoms with Crippen molar-refractivity contribution in [1.29, 1.82) is 0 Å². The van der Waals surface area contributed by atoms with Gasteiger partial charge < -0.3 is 15.2 Å². The third-order valence-corrected chi connectivity index (χ3v) is 5.89. The number of fused-ring (bicyclic) bond motifs is 1. The van der Waals surface area contributed by atoms with E-state index in [1.54, 1.807) is 6.08 Å². The molecule has 2 saturated heterocycles. The molecule has 2 fully saturated rings. The fourth-order valence-electron chi connectivity index (χ4n) is 4.37. The van der Waals surface area contributed by atoms with Crippen molar-refractivity contribution in [3.63, 3.8) is 0 Å². The van der Waals surface area contributed by atoms with E-state index in [1.807, 2.05) is 31.2 Å². The van der Waals surface area contributed by atoms with Gasteiger partial charge in [0.1, 0.15) is 6.17 Å². The van der Waals surface area contributed by atoms with Crippen molar-refractivity contribution in [2.75, 3.05) is 19.6 Å². The lowest BCUT2D eigenvalue weighted by Crippen LogP contribution is -2.53. The highest BCUT2D eigenvalue weighted by atomic mass is 16.5. The largest absolute Gasteiger partial charge is 0.338 e. The predicted octanol–water partition coefficient (Wildman–Crippen LogP) is 1.29. The van der Waals surface area contributed by atoms with E-state index in [2.05, 4.69) is 31.2 Å². The molecule has 4 heterocycles. The van der Waals surface area contributed by atoms with Crippen LogP contribution in [0.1, 0.15) is 30.2 Å². The molecule has 1 aromatic heterocycles. The molecular weight excluding hydrogens is 356 g/mol. The summed E-state index contributed by atoms with van der Waals surface area (Å²) in [6, 6.07) is 7.98. The zero-order valence-electron chi connectivity index (χ0n) is 15.8. The Bertz CT molecular complexity index is 917. The molecule has 3 N–H and O–H groups in total. The third-order valence-electron chi connectivity index (χ3n) is 5.89. The molecule has 2 atom stereocenters. The van der Waals surface area contributed by atoms with E-state index < -0.39 is 0 Å². The minimum absolute atomic E-state index is 0.0536. The number of nitrogens with one attached hydrogen (secondary N) is 3. The number of hydrogen-bond donors (Lipinski definition) is 3. The highest BCUT2D eigenvalue weighted by Gasteiger charge is 2.44. The van der Waals surface area contributed by atoms with Crippen LogP contribution in [0.2, 0.25) is 0 Å². The summed E-state index contributed by atoms with van der Waals surface area (Å²) in [5.74, 6) is 1.36. The number of aryl methyl sites for hydroxylation is 1. The van der Waals surface area contributed by atoms with E-state index in [-0.39, 0.29) is 18.0 Å². The van der Waals surface area contributed by atoms with Crippen LogP contribution in [0.15, 0.2) is 40.6 Å². The molecule has 8 heteroatoms. The van der Waals surface area contributed by atoms with Gasteiger partial charge in [-0.15, -0.1) is 0 Å². The number of hydrogen-bond acceptors (Lipinski definition) is 7. The average Bonchev–Trinajstić information content (AvgIpc) is 3.35. The van der Waals surface area contributed by atoms with Crippen molar-refractivity contribution in [1.82, 2.24) is 31.2 Å². The molecule has 5 rings (SSSR count). The lowest BCUT2D eigenvalue weighted by Gasteiger charge is -2.38. The standard InChI is InChI=1S/C20H24N6O2/c1-12-4-2-3-5-14(12)18-24-20(28-25-18)15-11-22-26-16(10-17(27)23-19(15)26)13-6-8-21-9-7-13/h2-5,10,13,15,19,21-22H,6-9,11H2,1H3,(H,23,27). The van der Waals surface area contributed by atoms with Crippen LogP contribution in [-0.2, 0) is 4.79 Å². The number of aromatic nitrogens is 2. The van der Waals surface area contributed by atoms with Crippen molar-refractivity contribution in [2.45, 2.75) is 31.8 Å². The van der Waals surface area contributed by atoms with Crippen LogP contribution in [0, 0.1) is 12.8 Å². The first-order chi connectivity index (χ1) is 13.7. The van der Waals surface area contributed by atoms with Gasteiger partial charge in [0.15, 0.2) is 0 Å². The quantitative estimate of drug-likeness (QED) is 0.738. The maximum atomic E-state index is 12.4. The van der Waals surface area contributed by atoms with Crippen molar-refractivity contribution in [3.05, 3.63) is 47.5 Å². The number of amides is 1. The zero-order chi connectivity index (χ0) is 19.1. The fraction of sp³-hybridized carbons (Fsp3) is 0.450. The number of carbonyl (C=O) groups is 1. The van der Waals surface area contributed by atoms with Gasteiger partial charge in [0.25, 0.3) is 0 Å². The third kappa shape index (κ3) is 2.98. The predicted molar refractivity (Wildman–Crippen MR) is 103 cm³/mol. The molecule has 0 bridgehead atoms. The normalized spacial score (nSPS) is 25.4. The summed E-state index contributed by atoms with van der Waals surface area (Å²) in [6.45, 7) is 4.63. The first-order valence-corrected chi connectivity index (χ1v) is 9.86. The van der Waals surface area contributed by atoms with Crippen molar-refractivity contribution in [2.24, 2.45) is 5.92 Å². The number of piperidine rings is 1. The second-order valence-corrected chi connectivity index (χ2v) is 7.66. The first-order valence-electron chi connectivity index (χ1n) is 9.86. The summed E-state index contributed by atoms with van der Waals surface area (Å²) < 4.78 is 5.61. The van der Waals surface area contributed by atoms with Crippen LogP contribution >= 0.6 is 0 Å². The summed E-state index contributed by atoms with van der Waals surface area (Å²) in [6.07, 6.45) is 3.58. The molecule has 1 aromatic carbocycles. The minimum atomic E-state index is -0.215. The van der Waals surface area contributed by atoms with Crippen molar-refractivity contribution < 1.29 is 9.32 Å². The van der Waals surface area contributed by atoms with Gasteiger partial charge in [0.2, 0.25) is 17.6 Å². The number of nitrogens with zero attached hydrogens (tertiary/aromatic N) is 3. The van der Waals surface area contributed by atoms with Gasteiger partial charge in [-0.3, -0.25) is 9.80 Å². The number of benzene rings is 1. The highest BCUT2D eigenvalue weighted by Crippen LogP contribution is 2.35. The monoisotopic (exact) mass is 380 g/mol. The van der Waals surface area contributed by atoms with E-state index in [4.69, 9.17) is 4.52 Å². The van der Waals surface area contributed by atoms with Gasteiger partial charge in [0.05, 0.1) is 5.92 Å². The summed E-state index contributed by atoms with van der Waals surface area (Å²) >= 11 is 0. The first kappa shape index (κ1) is 17.4. The van der Waals surface area contributed by atoms with Crippen LogP contribution in [-0.4, -0.2) is 46.9 Å². The van der Waals surface area contributed by atoms with E-state index >= 15 is 0 Å². The zero-order valence-corrected chi connectivity index (χ0v) is 15.8. The molecule has 1 amide bonds. The summed E-state index contributed by atoms with van der Waals surface area (Å²) in [7, 11) is 0. The van der Waals surface area contributed by atoms with Gasteiger partial charge in [-0.25, -0.2) is 5.43 Å². The van der Waals surface area contributed by atoms with E-state index in [1.165, 1.54) is 0 Å². The van der Waals surface area contributed by atoms with Gasteiger partial charge in [0, 0.05) is 29.8 Å². The second-order valence-electron chi connectivity index (χ2n) is 7.66. The van der Waals surface area contributed by atoms with E-state index in [9.17, 15) is 4.79 Å². The summed E-state index contributed by atoms with van der Waals surface area (Å²) in [4.78, 5) is 17.0. The van der Waals surface area contributed by atoms with E-state index in [0.29, 0.717) is 24.2 Å². The maximum Gasteiger partial charge on any atom is 0.247 e. The molecule has 0 aliphatic carbocycles. The smallest absolute Gasteiger partial charge is 0.247 e. The molecule has 146 valence electrons. The van der Waals surface area contributed by atoms with Crippen LogP contribution < -0.4 is 16.1 Å². The van der Waals surface area contributed by atoms with Crippen molar-refractivity contribution in [3.8, 4) is 11.4 Å².